The maximum absolute atomic E-state index is 11.8. The van der Waals surface area contributed by atoms with Gasteiger partial charge in [-0.15, -0.1) is 10.2 Å². The fraction of sp³-hybridized carbons (Fsp3) is 0.250. The third kappa shape index (κ3) is 3.30. The number of hydrogen-bond donors (Lipinski definition) is 3. The molecule has 0 atom stereocenters. The summed E-state index contributed by atoms with van der Waals surface area (Å²) in [5, 5.41) is 21.7. The van der Waals surface area contributed by atoms with E-state index in [4.69, 9.17) is 11.6 Å². The molecule has 2 heterocycles. The number of benzene rings is 1. The molecule has 7 nitrogen and oxygen atoms in total. The Labute approximate surface area is 143 Å². The number of H-pyrrole nitrogens is 1. The monoisotopic (exact) mass is 344 g/mol. The van der Waals surface area contributed by atoms with Crippen LogP contribution in [0, 0.1) is 6.92 Å². The quantitative estimate of drug-likeness (QED) is 0.677. The number of halogens is 1. The van der Waals surface area contributed by atoms with Crippen molar-refractivity contribution in [3.63, 3.8) is 0 Å². The van der Waals surface area contributed by atoms with Crippen LogP contribution in [0.4, 0.5) is 10.6 Å². The normalized spacial score (nSPS) is 11.0. The van der Waals surface area contributed by atoms with Crippen LogP contribution in [0.5, 0.6) is 0 Å². The standard InChI is InChI=1S/C16H17ClN6O/c1-8(2)19-16(24)20-14-6-11-4-10(12-7-18-21-9(12)3)5-13(17)15(11)23-22-14/h4-8H,1-3H3,(H,18,21)(H2,19,20,22,24). The van der Waals surface area contributed by atoms with Gasteiger partial charge in [0.25, 0.3) is 0 Å². The summed E-state index contributed by atoms with van der Waals surface area (Å²) in [6.07, 6.45) is 1.75. The lowest BCUT2D eigenvalue weighted by Crippen LogP contribution is -2.34. The number of rotatable bonds is 3. The summed E-state index contributed by atoms with van der Waals surface area (Å²) in [5.41, 5.74) is 3.41. The van der Waals surface area contributed by atoms with Gasteiger partial charge in [-0.25, -0.2) is 4.79 Å². The SMILES string of the molecule is Cc1[nH]ncc1-c1cc(Cl)c2nnc(NC(=O)NC(C)C)cc2c1. The average molecular weight is 345 g/mol. The fourth-order valence-electron chi connectivity index (χ4n) is 2.39. The van der Waals surface area contributed by atoms with Crippen LogP contribution >= 0.6 is 11.6 Å². The Morgan fingerprint density at radius 1 is 1.25 bits per heavy atom. The smallest absolute Gasteiger partial charge is 0.320 e. The fourth-order valence-corrected chi connectivity index (χ4v) is 2.65. The Morgan fingerprint density at radius 2 is 2.04 bits per heavy atom. The Balaban J connectivity index is 1.99. The molecule has 0 spiro atoms. The molecule has 24 heavy (non-hydrogen) atoms. The molecule has 3 rings (SSSR count). The maximum Gasteiger partial charge on any atom is 0.320 e. The van der Waals surface area contributed by atoms with Crippen molar-refractivity contribution in [2.75, 3.05) is 5.32 Å². The number of amides is 2. The van der Waals surface area contributed by atoms with Crippen LogP contribution in [-0.4, -0.2) is 32.5 Å². The van der Waals surface area contributed by atoms with E-state index < -0.39 is 0 Å². The lowest BCUT2D eigenvalue weighted by Gasteiger charge is -2.10. The van der Waals surface area contributed by atoms with Crippen LogP contribution < -0.4 is 10.6 Å². The molecule has 0 saturated heterocycles. The second-order valence-corrected chi connectivity index (χ2v) is 6.19. The Bertz CT molecular complexity index is 905. The van der Waals surface area contributed by atoms with E-state index in [0.717, 1.165) is 22.2 Å². The van der Waals surface area contributed by atoms with Gasteiger partial charge in [0.1, 0.15) is 5.52 Å². The molecule has 124 valence electrons. The van der Waals surface area contributed by atoms with Crippen LogP contribution in [-0.2, 0) is 0 Å². The topological polar surface area (TPSA) is 95.6 Å². The average Bonchev–Trinajstić information content (AvgIpc) is 2.92. The van der Waals surface area contributed by atoms with E-state index in [2.05, 4.69) is 31.0 Å². The number of hydrogen-bond acceptors (Lipinski definition) is 4. The Morgan fingerprint density at radius 3 is 2.71 bits per heavy atom. The molecule has 0 aliphatic heterocycles. The van der Waals surface area contributed by atoms with Gasteiger partial charge in [-0.05, 0) is 44.5 Å². The predicted octanol–water partition coefficient (Wildman–Crippen LogP) is 3.51. The number of nitrogens with one attached hydrogen (secondary N) is 3. The molecule has 3 N–H and O–H groups in total. The summed E-state index contributed by atoms with van der Waals surface area (Å²) in [4.78, 5) is 11.8. The van der Waals surface area contributed by atoms with Crippen LogP contribution in [0.3, 0.4) is 0 Å². The largest absolute Gasteiger partial charge is 0.336 e. The molecule has 0 radical (unpaired) electrons. The summed E-state index contributed by atoms with van der Waals surface area (Å²) in [5.74, 6) is 0.359. The van der Waals surface area contributed by atoms with Crippen molar-refractivity contribution >= 4 is 34.4 Å². The van der Waals surface area contributed by atoms with Crippen molar-refractivity contribution in [2.24, 2.45) is 0 Å². The van der Waals surface area contributed by atoms with E-state index >= 15 is 0 Å². The molecule has 1 aromatic carbocycles. The third-order valence-electron chi connectivity index (χ3n) is 3.45. The minimum absolute atomic E-state index is 0.0310. The third-order valence-corrected chi connectivity index (χ3v) is 3.73. The molecule has 8 heteroatoms. The van der Waals surface area contributed by atoms with E-state index in [9.17, 15) is 4.79 Å². The van der Waals surface area contributed by atoms with Gasteiger partial charge in [0, 0.05) is 22.7 Å². The molecule has 0 saturated carbocycles. The van der Waals surface area contributed by atoms with Crippen molar-refractivity contribution in [2.45, 2.75) is 26.8 Å². The Kier molecular flexibility index (Phi) is 4.35. The first-order valence-electron chi connectivity index (χ1n) is 7.49. The number of urea groups is 1. The van der Waals surface area contributed by atoms with Crippen molar-refractivity contribution in [3.05, 3.63) is 35.1 Å². The highest BCUT2D eigenvalue weighted by Crippen LogP contribution is 2.31. The molecular formula is C16H17ClN6O. The van der Waals surface area contributed by atoms with Crippen molar-refractivity contribution in [1.29, 1.82) is 0 Å². The van der Waals surface area contributed by atoms with E-state index in [-0.39, 0.29) is 12.1 Å². The lowest BCUT2D eigenvalue weighted by molar-refractivity contribution is 0.250. The number of aryl methyl sites for hydroxylation is 1. The molecule has 0 aliphatic rings. The molecule has 0 fully saturated rings. The highest BCUT2D eigenvalue weighted by atomic mass is 35.5. The molecule has 3 aromatic rings. The minimum Gasteiger partial charge on any atom is -0.336 e. The number of fused-ring (bicyclic) bond motifs is 1. The molecular weight excluding hydrogens is 328 g/mol. The predicted molar refractivity (Wildman–Crippen MR) is 94.2 cm³/mol. The van der Waals surface area contributed by atoms with E-state index in [0.29, 0.717) is 16.4 Å². The first-order chi connectivity index (χ1) is 11.4. The summed E-state index contributed by atoms with van der Waals surface area (Å²) in [6, 6.07) is 5.22. The van der Waals surface area contributed by atoms with Crippen LogP contribution in [0.25, 0.3) is 22.0 Å². The van der Waals surface area contributed by atoms with E-state index in [1.165, 1.54) is 0 Å². The van der Waals surface area contributed by atoms with Crippen LogP contribution in [0.1, 0.15) is 19.5 Å². The van der Waals surface area contributed by atoms with Gasteiger partial charge < -0.3 is 5.32 Å². The van der Waals surface area contributed by atoms with Crippen LogP contribution in [0.15, 0.2) is 24.4 Å². The summed E-state index contributed by atoms with van der Waals surface area (Å²) >= 11 is 6.33. The molecule has 0 aliphatic carbocycles. The first-order valence-corrected chi connectivity index (χ1v) is 7.86. The first kappa shape index (κ1) is 16.2. The highest BCUT2D eigenvalue weighted by molar-refractivity contribution is 6.35. The number of carbonyl (C=O) groups excluding carboxylic acids is 1. The van der Waals surface area contributed by atoms with Gasteiger partial charge in [-0.3, -0.25) is 10.4 Å². The van der Waals surface area contributed by atoms with Gasteiger partial charge in [0.05, 0.1) is 11.2 Å². The number of nitrogens with zero attached hydrogens (tertiary/aromatic N) is 3. The molecule has 2 aromatic heterocycles. The van der Waals surface area contributed by atoms with E-state index in [1.54, 1.807) is 12.3 Å². The molecule has 0 bridgehead atoms. The van der Waals surface area contributed by atoms with Gasteiger partial charge in [0.15, 0.2) is 5.82 Å². The highest BCUT2D eigenvalue weighted by Gasteiger charge is 2.11. The summed E-state index contributed by atoms with van der Waals surface area (Å²) < 4.78 is 0. The second kappa shape index (κ2) is 6.45. The zero-order valence-electron chi connectivity index (χ0n) is 13.5. The van der Waals surface area contributed by atoms with Gasteiger partial charge in [0.2, 0.25) is 0 Å². The van der Waals surface area contributed by atoms with Crippen molar-refractivity contribution in [1.82, 2.24) is 25.7 Å². The Hall–Kier alpha value is -2.67. The van der Waals surface area contributed by atoms with Crippen molar-refractivity contribution in [3.8, 4) is 11.1 Å². The number of carbonyl (C=O) groups is 1. The second-order valence-electron chi connectivity index (χ2n) is 5.79. The number of anilines is 1. The maximum atomic E-state index is 11.8. The zero-order valence-corrected chi connectivity index (χ0v) is 14.3. The number of aromatic nitrogens is 4. The van der Waals surface area contributed by atoms with Crippen molar-refractivity contribution < 1.29 is 4.79 Å². The van der Waals surface area contributed by atoms with Gasteiger partial charge in [-0.2, -0.15) is 5.10 Å². The zero-order chi connectivity index (χ0) is 17.3. The molecule has 2 amide bonds. The lowest BCUT2D eigenvalue weighted by atomic mass is 10.0. The van der Waals surface area contributed by atoms with E-state index in [1.807, 2.05) is 32.9 Å². The van der Waals surface area contributed by atoms with Gasteiger partial charge in [-0.1, -0.05) is 11.6 Å². The molecule has 0 unspecified atom stereocenters. The summed E-state index contributed by atoms with van der Waals surface area (Å²) in [7, 11) is 0. The van der Waals surface area contributed by atoms with Gasteiger partial charge >= 0.3 is 6.03 Å². The van der Waals surface area contributed by atoms with Crippen LogP contribution in [0.2, 0.25) is 5.02 Å². The minimum atomic E-state index is -0.327. The number of aromatic amines is 1. The summed E-state index contributed by atoms with van der Waals surface area (Å²) in [6.45, 7) is 5.70.